The van der Waals surface area contributed by atoms with Gasteiger partial charge < -0.3 is 5.11 Å². The van der Waals surface area contributed by atoms with Gasteiger partial charge in [0.25, 0.3) is 0 Å². The van der Waals surface area contributed by atoms with E-state index in [9.17, 15) is 9.90 Å². The molecule has 0 aromatic heterocycles. The summed E-state index contributed by atoms with van der Waals surface area (Å²) in [6.45, 7) is 1.39. The molecule has 0 saturated heterocycles. The van der Waals surface area contributed by atoms with Gasteiger partial charge in [0.2, 0.25) is 0 Å². The predicted octanol–water partition coefficient (Wildman–Crippen LogP) is 0.823. The summed E-state index contributed by atoms with van der Waals surface area (Å²) in [6.07, 6.45) is 7.21. The molecular weight excluding hydrogens is 128 g/mol. The second-order valence-corrected chi connectivity index (χ2v) is 2.47. The number of hydrogen-bond donors (Lipinski definition) is 1. The van der Waals surface area contributed by atoms with Crippen LogP contribution >= 0.6 is 0 Å². The van der Waals surface area contributed by atoms with Gasteiger partial charge in [0.1, 0.15) is 5.60 Å². The number of carbonyl (C=O) groups is 1. The van der Waals surface area contributed by atoms with Crippen LogP contribution in [-0.4, -0.2) is 16.5 Å². The lowest BCUT2D eigenvalue weighted by molar-refractivity contribution is -0.130. The van der Waals surface area contributed by atoms with Crippen LogP contribution in [0.2, 0.25) is 0 Å². The lowest BCUT2D eigenvalue weighted by Gasteiger charge is -2.20. The van der Waals surface area contributed by atoms with E-state index in [1.807, 2.05) is 6.08 Å². The first-order chi connectivity index (χ1) is 4.65. The Morgan fingerprint density at radius 3 is 2.60 bits per heavy atom. The average Bonchev–Trinajstić information content (AvgIpc) is 1.89. The second kappa shape index (κ2) is 2.39. The maximum atomic E-state index is 10.8. The van der Waals surface area contributed by atoms with Crippen LogP contribution in [0.4, 0.5) is 0 Å². The normalized spacial score (nSPS) is 30.6. The minimum atomic E-state index is -1.23. The van der Waals surface area contributed by atoms with Crippen LogP contribution in [0.1, 0.15) is 13.3 Å². The average molecular weight is 138 g/mol. The van der Waals surface area contributed by atoms with Gasteiger partial charge in [-0.05, 0) is 13.0 Å². The molecule has 1 rings (SSSR count). The Kier molecular flexibility index (Phi) is 1.72. The molecule has 0 aliphatic heterocycles. The molecular formula is C8H10O2. The first kappa shape index (κ1) is 7.22. The smallest absolute Gasteiger partial charge is 0.165 e. The van der Waals surface area contributed by atoms with Crippen molar-refractivity contribution in [2.75, 3.05) is 0 Å². The molecule has 0 heterocycles. The molecule has 0 aromatic carbocycles. The Bertz CT molecular complexity index is 203. The van der Waals surface area contributed by atoms with Gasteiger partial charge in [-0.1, -0.05) is 18.2 Å². The zero-order valence-corrected chi connectivity index (χ0v) is 5.87. The highest BCUT2D eigenvalue weighted by atomic mass is 16.3. The number of Topliss-reactive ketones (excluding diaryl/α,β-unsaturated/α-hetero) is 1. The number of allylic oxidation sites excluding steroid dienone is 2. The van der Waals surface area contributed by atoms with E-state index >= 15 is 0 Å². The summed E-state index contributed by atoms with van der Waals surface area (Å²) in [4.78, 5) is 10.8. The van der Waals surface area contributed by atoms with Gasteiger partial charge in [0.15, 0.2) is 5.78 Å². The summed E-state index contributed by atoms with van der Waals surface area (Å²) >= 11 is 0. The molecule has 1 aliphatic rings. The molecule has 0 aromatic rings. The van der Waals surface area contributed by atoms with Crippen molar-refractivity contribution in [1.82, 2.24) is 0 Å². The first-order valence-corrected chi connectivity index (χ1v) is 3.23. The highest BCUT2D eigenvalue weighted by molar-refractivity contribution is 5.87. The standard InChI is InChI=1S/C8H10O2/c1-7(9)8(10)5-3-2-4-6-8/h2-5,10H,6H2,1H3. The van der Waals surface area contributed by atoms with Crippen LogP contribution in [0.15, 0.2) is 24.3 Å². The minimum Gasteiger partial charge on any atom is -0.378 e. The van der Waals surface area contributed by atoms with Crippen LogP contribution in [0.25, 0.3) is 0 Å². The maximum Gasteiger partial charge on any atom is 0.165 e. The van der Waals surface area contributed by atoms with E-state index in [4.69, 9.17) is 0 Å². The van der Waals surface area contributed by atoms with Gasteiger partial charge in [-0.2, -0.15) is 0 Å². The van der Waals surface area contributed by atoms with Crippen LogP contribution < -0.4 is 0 Å². The highest BCUT2D eigenvalue weighted by Gasteiger charge is 2.28. The topological polar surface area (TPSA) is 37.3 Å². The summed E-state index contributed by atoms with van der Waals surface area (Å²) in [5.74, 6) is -0.201. The van der Waals surface area contributed by atoms with Crippen molar-refractivity contribution < 1.29 is 9.90 Å². The molecule has 1 N–H and O–H groups in total. The van der Waals surface area contributed by atoms with E-state index in [1.54, 1.807) is 12.2 Å². The van der Waals surface area contributed by atoms with E-state index < -0.39 is 5.60 Å². The van der Waals surface area contributed by atoms with Gasteiger partial charge in [0.05, 0.1) is 0 Å². The van der Waals surface area contributed by atoms with Crippen molar-refractivity contribution in [2.45, 2.75) is 18.9 Å². The highest BCUT2D eigenvalue weighted by Crippen LogP contribution is 2.17. The molecule has 2 nitrogen and oxygen atoms in total. The third-order valence-corrected chi connectivity index (χ3v) is 1.66. The lowest BCUT2D eigenvalue weighted by Crippen LogP contribution is -2.34. The Balaban J connectivity index is 2.80. The third kappa shape index (κ3) is 1.16. The fourth-order valence-electron chi connectivity index (χ4n) is 0.870. The molecule has 1 aliphatic carbocycles. The first-order valence-electron chi connectivity index (χ1n) is 3.23. The summed E-state index contributed by atoms with van der Waals surface area (Å²) in [5.41, 5.74) is -1.23. The lowest BCUT2D eigenvalue weighted by atomic mass is 9.92. The van der Waals surface area contributed by atoms with Crippen LogP contribution in [0.3, 0.4) is 0 Å². The van der Waals surface area contributed by atoms with Gasteiger partial charge >= 0.3 is 0 Å². The van der Waals surface area contributed by atoms with Crippen molar-refractivity contribution >= 4 is 5.78 Å². The third-order valence-electron chi connectivity index (χ3n) is 1.66. The summed E-state index contributed by atoms with van der Waals surface area (Å²) in [6, 6.07) is 0. The van der Waals surface area contributed by atoms with Gasteiger partial charge in [-0.3, -0.25) is 4.79 Å². The zero-order valence-electron chi connectivity index (χ0n) is 5.87. The molecule has 1 unspecified atom stereocenters. The fraction of sp³-hybridized carbons (Fsp3) is 0.375. The quantitative estimate of drug-likeness (QED) is 0.582. The zero-order chi connectivity index (χ0) is 7.61. The molecule has 0 saturated carbocycles. The van der Waals surface area contributed by atoms with Crippen molar-refractivity contribution in [3.05, 3.63) is 24.3 Å². The molecule has 0 radical (unpaired) electrons. The minimum absolute atomic E-state index is 0.201. The molecule has 0 spiro atoms. The number of rotatable bonds is 1. The molecule has 2 heteroatoms. The molecule has 0 amide bonds. The van der Waals surface area contributed by atoms with E-state index in [0.717, 1.165) is 0 Å². The van der Waals surface area contributed by atoms with Crippen LogP contribution in [0.5, 0.6) is 0 Å². The molecule has 10 heavy (non-hydrogen) atoms. The Morgan fingerprint density at radius 2 is 2.30 bits per heavy atom. The van der Waals surface area contributed by atoms with Gasteiger partial charge in [-0.15, -0.1) is 0 Å². The predicted molar refractivity (Wildman–Crippen MR) is 38.5 cm³/mol. The van der Waals surface area contributed by atoms with Crippen molar-refractivity contribution in [3.63, 3.8) is 0 Å². The molecule has 1 atom stereocenters. The maximum absolute atomic E-state index is 10.8. The largest absolute Gasteiger partial charge is 0.378 e. The van der Waals surface area contributed by atoms with E-state index in [0.29, 0.717) is 6.42 Å². The Labute approximate surface area is 59.9 Å². The Morgan fingerprint density at radius 1 is 1.60 bits per heavy atom. The summed E-state index contributed by atoms with van der Waals surface area (Å²) in [5, 5.41) is 9.46. The number of aliphatic hydroxyl groups is 1. The fourth-order valence-corrected chi connectivity index (χ4v) is 0.870. The van der Waals surface area contributed by atoms with Crippen molar-refractivity contribution in [2.24, 2.45) is 0 Å². The monoisotopic (exact) mass is 138 g/mol. The molecule has 0 bridgehead atoms. The van der Waals surface area contributed by atoms with E-state index in [2.05, 4.69) is 0 Å². The molecule has 0 fully saturated rings. The Hall–Kier alpha value is -0.890. The SMILES string of the molecule is CC(=O)C1(O)C=CC=CC1. The van der Waals surface area contributed by atoms with E-state index in [1.165, 1.54) is 13.0 Å². The summed E-state index contributed by atoms with van der Waals surface area (Å²) in [7, 11) is 0. The van der Waals surface area contributed by atoms with Crippen molar-refractivity contribution in [1.29, 1.82) is 0 Å². The number of hydrogen-bond acceptors (Lipinski definition) is 2. The van der Waals surface area contributed by atoms with Crippen molar-refractivity contribution in [3.8, 4) is 0 Å². The van der Waals surface area contributed by atoms with Gasteiger partial charge in [0, 0.05) is 6.42 Å². The second-order valence-electron chi connectivity index (χ2n) is 2.47. The van der Waals surface area contributed by atoms with Gasteiger partial charge in [-0.25, -0.2) is 0 Å². The number of ketones is 1. The van der Waals surface area contributed by atoms with E-state index in [-0.39, 0.29) is 5.78 Å². The van der Waals surface area contributed by atoms with Crippen LogP contribution in [-0.2, 0) is 4.79 Å². The molecule has 54 valence electrons. The number of carbonyl (C=O) groups excluding carboxylic acids is 1. The summed E-state index contributed by atoms with van der Waals surface area (Å²) < 4.78 is 0. The van der Waals surface area contributed by atoms with Crippen LogP contribution in [0, 0.1) is 0 Å².